The Balaban J connectivity index is 1.78. The standard InChI is InChI=1S/C18H20N2O2S/c1-10-6-7-12(8-11(10)2)9-15(21)20-18-16(17(19)22)13-4-3-5-14(13)23-18/h6-8H,3-5,9H2,1-2H3,(H2,19,22)(H,20,21). The number of benzene rings is 1. The Kier molecular flexibility index (Phi) is 4.22. The molecule has 0 aliphatic heterocycles. The number of nitrogens with two attached hydrogens (primary N) is 1. The minimum Gasteiger partial charge on any atom is -0.365 e. The quantitative estimate of drug-likeness (QED) is 0.905. The van der Waals surface area contributed by atoms with Gasteiger partial charge in [-0.15, -0.1) is 11.3 Å². The van der Waals surface area contributed by atoms with Crippen LogP contribution in [0.5, 0.6) is 0 Å². The summed E-state index contributed by atoms with van der Waals surface area (Å²) in [6.45, 7) is 4.08. The highest BCUT2D eigenvalue weighted by Crippen LogP contribution is 2.38. The average Bonchev–Trinajstić information content (AvgIpc) is 3.02. The number of aryl methyl sites for hydroxylation is 3. The number of hydrogen-bond acceptors (Lipinski definition) is 3. The van der Waals surface area contributed by atoms with Crippen LogP contribution in [0.4, 0.5) is 5.00 Å². The van der Waals surface area contributed by atoms with E-state index in [9.17, 15) is 9.59 Å². The van der Waals surface area contributed by atoms with Crippen molar-refractivity contribution in [1.29, 1.82) is 0 Å². The van der Waals surface area contributed by atoms with Crippen LogP contribution < -0.4 is 11.1 Å². The Bertz CT molecular complexity index is 793. The van der Waals surface area contributed by atoms with Gasteiger partial charge in [-0.05, 0) is 55.4 Å². The van der Waals surface area contributed by atoms with E-state index in [4.69, 9.17) is 5.73 Å². The van der Waals surface area contributed by atoms with Gasteiger partial charge in [0.25, 0.3) is 5.91 Å². The number of carbonyl (C=O) groups is 2. The second kappa shape index (κ2) is 6.16. The molecular formula is C18H20N2O2S. The summed E-state index contributed by atoms with van der Waals surface area (Å²) < 4.78 is 0. The lowest BCUT2D eigenvalue weighted by molar-refractivity contribution is -0.115. The first-order valence-corrected chi connectivity index (χ1v) is 8.57. The number of thiophene rings is 1. The van der Waals surface area contributed by atoms with Crippen molar-refractivity contribution in [3.05, 3.63) is 50.9 Å². The minimum absolute atomic E-state index is 0.115. The number of fused-ring (bicyclic) bond motifs is 1. The summed E-state index contributed by atoms with van der Waals surface area (Å²) in [5.41, 5.74) is 10.4. The molecule has 1 aliphatic carbocycles. The lowest BCUT2D eigenvalue weighted by atomic mass is 10.0. The predicted octanol–water partition coefficient (Wildman–Crippen LogP) is 3.13. The van der Waals surface area contributed by atoms with Gasteiger partial charge in [-0.2, -0.15) is 0 Å². The maximum atomic E-state index is 12.3. The molecular weight excluding hydrogens is 308 g/mol. The van der Waals surface area contributed by atoms with E-state index in [1.165, 1.54) is 27.3 Å². The van der Waals surface area contributed by atoms with Gasteiger partial charge in [0.1, 0.15) is 5.00 Å². The highest BCUT2D eigenvalue weighted by atomic mass is 32.1. The van der Waals surface area contributed by atoms with Gasteiger partial charge in [0.15, 0.2) is 0 Å². The number of amides is 2. The third-order valence-corrected chi connectivity index (χ3v) is 5.56. The number of carbonyl (C=O) groups excluding carboxylic acids is 2. The largest absolute Gasteiger partial charge is 0.365 e. The van der Waals surface area contributed by atoms with E-state index in [0.717, 1.165) is 30.4 Å². The molecule has 0 fully saturated rings. The molecule has 0 saturated carbocycles. The Morgan fingerprint density at radius 1 is 1.22 bits per heavy atom. The molecule has 120 valence electrons. The zero-order valence-electron chi connectivity index (χ0n) is 13.4. The zero-order valence-corrected chi connectivity index (χ0v) is 14.2. The average molecular weight is 328 g/mol. The summed E-state index contributed by atoms with van der Waals surface area (Å²) >= 11 is 1.49. The lowest BCUT2D eigenvalue weighted by Crippen LogP contribution is -2.19. The van der Waals surface area contributed by atoms with E-state index in [0.29, 0.717) is 17.0 Å². The molecule has 3 rings (SSSR count). The molecule has 1 aliphatic rings. The maximum Gasteiger partial charge on any atom is 0.251 e. The first-order valence-electron chi connectivity index (χ1n) is 7.76. The van der Waals surface area contributed by atoms with Crippen LogP contribution in [0.1, 0.15) is 43.9 Å². The third kappa shape index (κ3) is 3.15. The van der Waals surface area contributed by atoms with Crippen LogP contribution in [0, 0.1) is 13.8 Å². The first kappa shape index (κ1) is 15.7. The second-order valence-corrected chi connectivity index (χ2v) is 7.17. The van der Waals surface area contributed by atoms with Crippen molar-refractivity contribution in [2.45, 2.75) is 39.5 Å². The van der Waals surface area contributed by atoms with E-state index in [-0.39, 0.29) is 5.91 Å². The van der Waals surface area contributed by atoms with Crippen molar-refractivity contribution >= 4 is 28.2 Å². The van der Waals surface area contributed by atoms with Gasteiger partial charge in [0.2, 0.25) is 5.91 Å². The van der Waals surface area contributed by atoms with Gasteiger partial charge in [-0.1, -0.05) is 18.2 Å². The maximum absolute atomic E-state index is 12.3. The summed E-state index contributed by atoms with van der Waals surface area (Å²) in [5.74, 6) is -0.568. The molecule has 2 aromatic rings. The number of rotatable bonds is 4. The number of hydrogen-bond donors (Lipinski definition) is 2. The Labute approximate surface area is 139 Å². The van der Waals surface area contributed by atoms with E-state index in [1.54, 1.807) is 0 Å². The fraction of sp³-hybridized carbons (Fsp3) is 0.333. The second-order valence-electron chi connectivity index (χ2n) is 6.07. The van der Waals surface area contributed by atoms with Gasteiger partial charge < -0.3 is 11.1 Å². The predicted molar refractivity (Wildman–Crippen MR) is 93.1 cm³/mol. The van der Waals surface area contributed by atoms with Crippen molar-refractivity contribution in [3.8, 4) is 0 Å². The summed E-state index contributed by atoms with van der Waals surface area (Å²) in [6, 6.07) is 6.01. The number of primary amides is 1. The van der Waals surface area contributed by atoms with Crippen LogP contribution in [0.15, 0.2) is 18.2 Å². The molecule has 3 N–H and O–H groups in total. The lowest BCUT2D eigenvalue weighted by Gasteiger charge is -2.07. The molecule has 0 atom stereocenters. The summed E-state index contributed by atoms with van der Waals surface area (Å²) in [7, 11) is 0. The van der Waals surface area contributed by atoms with E-state index >= 15 is 0 Å². The van der Waals surface area contributed by atoms with Crippen molar-refractivity contribution in [3.63, 3.8) is 0 Å². The van der Waals surface area contributed by atoms with Crippen molar-refractivity contribution in [1.82, 2.24) is 0 Å². The third-order valence-electron chi connectivity index (χ3n) is 4.36. The molecule has 23 heavy (non-hydrogen) atoms. The van der Waals surface area contributed by atoms with Crippen molar-refractivity contribution in [2.75, 3.05) is 5.32 Å². The summed E-state index contributed by atoms with van der Waals surface area (Å²) in [5, 5.41) is 3.49. The zero-order chi connectivity index (χ0) is 16.6. The molecule has 5 heteroatoms. The topological polar surface area (TPSA) is 72.2 Å². The fourth-order valence-corrected chi connectivity index (χ4v) is 4.33. The van der Waals surface area contributed by atoms with Crippen molar-refractivity contribution < 1.29 is 9.59 Å². The van der Waals surface area contributed by atoms with Gasteiger partial charge in [0, 0.05) is 4.88 Å². The molecule has 2 amide bonds. The number of nitrogens with one attached hydrogen (secondary N) is 1. The van der Waals surface area contributed by atoms with Crippen LogP contribution in [0.3, 0.4) is 0 Å². The normalized spacial score (nSPS) is 13.0. The monoisotopic (exact) mass is 328 g/mol. The molecule has 0 spiro atoms. The van der Waals surface area contributed by atoms with Gasteiger partial charge in [-0.3, -0.25) is 9.59 Å². The van der Waals surface area contributed by atoms with Gasteiger partial charge in [-0.25, -0.2) is 0 Å². The van der Waals surface area contributed by atoms with Crippen LogP contribution in [0.2, 0.25) is 0 Å². The summed E-state index contributed by atoms with van der Waals surface area (Å²) in [6.07, 6.45) is 3.19. The molecule has 1 aromatic carbocycles. The Morgan fingerprint density at radius 2 is 2.00 bits per heavy atom. The molecule has 1 aromatic heterocycles. The fourth-order valence-electron chi connectivity index (χ4n) is 3.02. The first-order chi connectivity index (χ1) is 11.0. The van der Waals surface area contributed by atoms with Gasteiger partial charge >= 0.3 is 0 Å². The molecule has 0 saturated heterocycles. The number of anilines is 1. The van der Waals surface area contributed by atoms with Gasteiger partial charge in [0.05, 0.1) is 12.0 Å². The van der Waals surface area contributed by atoms with Crippen LogP contribution >= 0.6 is 11.3 Å². The smallest absolute Gasteiger partial charge is 0.251 e. The van der Waals surface area contributed by atoms with E-state index < -0.39 is 5.91 Å². The molecule has 0 radical (unpaired) electrons. The molecule has 4 nitrogen and oxygen atoms in total. The van der Waals surface area contributed by atoms with Crippen LogP contribution in [-0.2, 0) is 24.1 Å². The molecule has 0 unspecified atom stereocenters. The molecule has 1 heterocycles. The SMILES string of the molecule is Cc1ccc(CC(=O)Nc2sc3c(c2C(N)=O)CCC3)cc1C. The highest BCUT2D eigenvalue weighted by molar-refractivity contribution is 7.17. The minimum atomic E-state index is -0.453. The van der Waals surface area contributed by atoms with E-state index in [2.05, 4.69) is 5.32 Å². The van der Waals surface area contributed by atoms with Crippen molar-refractivity contribution in [2.24, 2.45) is 5.73 Å². The van der Waals surface area contributed by atoms with E-state index in [1.807, 2.05) is 32.0 Å². The van der Waals surface area contributed by atoms with Crippen LogP contribution in [0.25, 0.3) is 0 Å². The Hall–Kier alpha value is -2.14. The summed E-state index contributed by atoms with van der Waals surface area (Å²) in [4.78, 5) is 25.2. The van der Waals surface area contributed by atoms with Crippen LogP contribution in [-0.4, -0.2) is 11.8 Å². The Morgan fingerprint density at radius 3 is 2.70 bits per heavy atom. The highest BCUT2D eigenvalue weighted by Gasteiger charge is 2.26. The molecule has 0 bridgehead atoms.